The summed E-state index contributed by atoms with van der Waals surface area (Å²) in [5.74, 6) is -0.0801. The van der Waals surface area contributed by atoms with Gasteiger partial charge < -0.3 is 4.74 Å². The molecule has 1 rings (SSSR count). The quantitative estimate of drug-likeness (QED) is 0.443. The summed E-state index contributed by atoms with van der Waals surface area (Å²) >= 11 is 0. The Morgan fingerprint density at radius 3 is 3.00 bits per heavy atom. The summed E-state index contributed by atoms with van der Waals surface area (Å²) in [4.78, 5) is 11.2. The fraction of sp³-hybridized carbons (Fsp3) is 0.700. The molecule has 68 valence electrons. The molecule has 2 heteroatoms. The molecular formula is C10H16O2. The van der Waals surface area contributed by atoms with E-state index in [9.17, 15) is 4.79 Å². The normalized spacial score (nSPS) is 26.9. The molecule has 0 aromatic rings. The van der Waals surface area contributed by atoms with Crippen LogP contribution in [0.1, 0.15) is 32.1 Å². The van der Waals surface area contributed by atoms with Gasteiger partial charge in [0.15, 0.2) is 0 Å². The molecule has 12 heavy (non-hydrogen) atoms. The van der Waals surface area contributed by atoms with Gasteiger partial charge in [-0.05, 0) is 19.3 Å². The molecule has 1 aliphatic rings. The SMILES string of the molecule is COC(=O)C1/C=C/CCCCC1. The van der Waals surface area contributed by atoms with Crippen LogP contribution in [0.25, 0.3) is 0 Å². The predicted molar refractivity (Wildman–Crippen MR) is 47.7 cm³/mol. The lowest BCUT2D eigenvalue weighted by atomic mass is 9.97. The van der Waals surface area contributed by atoms with Crippen LogP contribution in [-0.2, 0) is 9.53 Å². The number of esters is 1. The third-order valence-electron chi connectivity index (χ3n) is 2.26. The van der Waals surface area contributed by atoms with Gasteiger partial charge in [-0.3, -0.25) is 4.79 Å². The van der Waals surface area contributed by atoms with Crippen LogP contribution >= 0.6 is 0 Å². The number of carbonyl (C=O) groups is 1. The van der Waals surface area contributed by atoms with Crippen LogP contribution in [0.5, 0.6) is 0 Å². The number of allylic oxidation sites excluding steroid dienone is 1. The van der Waals surface area contributed by atoms with E-state index in [1.807, 2.05) is 6.08 Å². The molecule has 0 bridgehead atoms. The van der Waals surface area contributed by atoms with Gasteiger partial charge in [0.05, 0.1) is 13.0 Å². The van der Waals surface area contributed by atoms with Crippen LogP contribution in [0.2, 0.25) is 0 Å². The zero-order valence-corrected chi connectivity index (χ0v) is 7.58. The second-order valence-electron chi connectivity index (χ2n) is 3.20. The Labute approximate surface area is 73.6 Å². The van der Waals surface area contributed by atoms with Gasteiger partial charge in [0.1, 0.15) is 0 Å². The van der Waals surface area contributed by atoms with Crippen molar-refractivity contribution >= 4 is 5.97 Å². The standard InChI is InChI=1S/C10H16O2/c1-12-10(11)9-7-5-3-2-4-6-8-9/h5,7,9H,2-4,6,8H2,1H3/b7-5+. The second kappa shape index (κ2) is 4.96. The number of carbonyl (C=O) groups excluding carboxylic acids is 1. The van der Waals surface area contributed by atoms with Gasteiger partial charge in [-0.2, -0.15) is 0 Å². The van der Waals surface area contributed by atoms with Crippen molar-refractivity contribution < 1.29 is 9.53 Å². The van der Waals surface area contributed by atoms with Crippen molar-refractivity contribution in [2.45, 2.75) is 32.1 Å². The highest BCUT2D eigenvalue weighted by molar-refractivity contribution is 5.74. The minimum absolute atomic E-state index is 0.00954. The Bertz CT molecular complexity index is 173. The zero-order chi connectivity index (χ0) is 8.81. The van der Waals surface area contributed by atoms with E-state index in [-0.39, 0.29) is 11.9 Å². The maximum atomic E-state index is 11.2. The lowest BCUT2D eigenvalue weighted by molar-refractivity contribution is -0.144. The van der Waals surface area contributed by atoms with Crippen LogP contribution in [0.4, 0.5) is 0 Å². The van der Waals surface area contributed by atoms with Gasteiger partial charge >= 0.3 is 5.97 Å². The van der Waals surface area contributed by atoms with Crippen molar-refractivity contribution in [2.24, 2.45) is 5.92 Å². The van der Waals surface area contributed by atoms with Gasteiger partial charge in [-0.1, -0.05) is 25.0 Å². The Balaban J connectivity index is 2.48. The molecule has 0 N–H and O–H groups in total. The summed E-state index contributed by atoms with van der Waals surface area (Å²) in [5.41, 5.74) is 0. The average molecular weight is 168 g/mol. The minimum atomic E-state index is -0.0897. The van der Waals surface area contributed by atoms with E-state index in [2.05, 4.69) is 6.08 Å². The van der Waals surface area contributed by atoms with Gasteiger partial charge in [-0.25, -0.2) is 0 Å². The smallest absolute Gasteiger partial charge is 0.312 e. The van der Waals surface area contributed by atoms with Gasteiger partial charge in [0.25, 0.3) is 0 Å². The topological polar surface area (TPSA) is 26.3 Å². The lowest BCUT2D eigenvalue weighted by Crippen LogP contribution is -2.14. The third kappa shape index (κ3) is 2.68. The predicted octanol–water partition coefficient (Wildman–Crippen LogP) is 2.30. The summed E-state index contributed by atoms with van der Waals surface area (Å²) < 4.78 is 4.70. The first kappa shape index (κ1) is 9.30. The van der Waals surface area contributed by atoms with Crippen LogP contribution in [0, 0.1) is 5.92 Å². The van der Waals surface area contributed by atoms with Crippen LogP contribution < -0.4 is 0 Å². The monoisotopic (exact) mass is 168 g/mol. The molecule has 1 unspecified atom stereocenters. The Hall–Kier alpha value is -0.790. The molecule has 0 amide bonds. The van der Waals surface area contributed by atoms with Gasteiger partial charge in [-0.15, -0.1) is 0 Å². The van der Waals surface area contributed by atoms with E-state index in [0.29, 0.717) is 0 Å². The zero-order valence-electron chi connectivity index (χ0n) is 7.58. The Morgan fingerprint density at radius 1 is 1.42 bits per heavy atom. The van der Waals surface area contributed by atoms with Crippen molar-refractivity contribution in [1.29, 1.82) is 0 Å². The summed E-state index contributed by atoms with van der Waals surface area (Å²) in [6.07, 6.45) is 9.77. The Morgan fingerprint density at radius 2 is 2.25 bits per heavy atom. The molecular weight excluding hydrogens is 152 g/mol. The van der Waals surface area contributed by atoms with E-state index in [4.69, 9.17) is 4.74 Å². The maximum absolute atomic E-state index is 11.2. The maximum Gasteiger partial charge on any atom is 0.312 e. The van der Waals surface area contributed by atoms with Crippen molar-refractivity contribution in [1.82, 2.24) is 0 Å². The molecule has 0 fully saturated rings. The van der Waals surface area contributed by atoms with Crippen LogP contribution in [0.3, 0.4) is 0 Å². The van der Waals surface area contributed by atoms with Crippen molar-refractivity contribution in [2.75, 3.05) is 7.11 Å². The molecule has 0 aromatic carbocycles. The molecule has 0 saturated carbocycles. The molecule has 1 atom stereocenters. The third-order valence-corrected chi connectivity index (χ3v) is 2.26. The average Bonchev–Trinajstić information content (AvgIpc) is 2.02. The minimum Gasteiger partial charge on any atom is -0.469 e. The molecule has 1 aliphatic carbocycles. The number of hydrogen-bond donors (Lipinski definition) is 0. The summed E-state index contributed by atoms with van der Waals surface area (Å²) in [5, 5.41) is 0. The van der Waals surface area contributed by atoms with E-state index >= 15 is 0 Å². The summed E-state index contributed by atoms with van der Waals surface area (Å²) in [6, 6.07) is 0. The van der Waals surface area contributed by atoms with Crippen molar-refractivity contribution in [3.63, 3.8) is 0 Å². The van der Waals surface area contributed by atoms with E-state index in [0.717, 1.165) is 19.3 Å². The van der Waals surface area contributed by atoms with E-state index in [1.165, 1.54) is 20.0 Å². The highest BCUT2D eigenvalue weighted by atomic mass is 16.5. The van der Waals surface area contributed by atoms with E-state index < -0.39 is 0 Å². The molecule has 0 spiro atoms. The first-order valence-electron chi connectivity index (χ1n) is 4.59. The molecule has 0 aliphatic heterocycles. The highest BCUT2D eigenvalue weighted by Crippen LogP contribution is 2.17. The fourth-order valence-electron chi connectivity index (χ4n) is 1.51. The molecule has 0 radical (unpaired) electrons. The first-order chi connectivity index (χ1) is 5.84. The highest BCUT2D eigenvalue weighted by Gasteiger charge is 2.15. The molecule has 0 heterocycles. The van der Waals surface area contributed by atoms with Crippen molar-refractivity contribution in [3.8, 4) is 0 Å². The summed E-state index contributed by atoms with van der Waals surface area (Å²) in [7, 11) is 1.45. The first-order valence-corrected chi connectivity index (χ1v) is 4.59. The van der Waals surface area contributed by atoms with Gasteiger partial charge in [0.2, 0.25) is 0 Å². The number of methoxy groups -OCH3 is 1. The second-order valence-corrected chi connectivity index (χ2v) is 3.20. The molecule has 2 nitrogen and oxygen atoms in total. The molecule has 0 aromatic heterocycles. The van der Waals surface area contributed by atoms with Gasteiger partial charge in [0, 0.05) is 0 Å². The largest absolute Gasteiger partial charge is 0.469 e. The number of ether oxygens (including phenoxy) is 1. The van der Waals surface area contributed by atoms with E-state index in [1.54, 1.807) is 0 Å². The van der Waals surface area contributed by atoms with Crippen molar-refractivity contribution in [3.05, 3.63) is 12.2 Å². The number of hydrogen-bond acceptors (Lipinski definition) is 2. The number of rotatable bonds is 1. The van der Waals surface area contributed by atoms with Crippen LogP contribution in [0.15, 0.2) is 12.2 Å². The molecule has 0 saturated heterocycles. The summed E-state index contributed by atoms with van der Waals surface area (Å²) in [6.45, 7) is 0. The van der Waals surface area contributed by atoms with Crippen LogP contribution in [-0.4, -0.2) is 13.1 Å². The Kier molecular flexibility index (Phi) is 3.85. The lowest BCUT2D eigenvalue weighted by Gasteiger charge is -2.12. The fourth-order valence-corrected chi connectivity index (χ4v) is 1.51.